The van der Waals surface area contributed by atoms with Gasteiger partial charge in [-0.2, -0.15) is 4.31 Å². The van der Waals surface area contributed by atoms with Gasteiger partial charge in [0.15, 0.2) is 4.80 Å². The van der Waals surface area contributed by atoms with Gasteiger partial charge in [0.05, 0.1) is 23.4 Å². The molecule has 9 heteroatoms. The molecule has 6 nitrogen and oxygen atoms in total. The van der Waals surface area contributed by atoms with Gasteiger partial charge in [-0.3, -0.25) is 0 Å². The lowest BCUT2D eigenvalue weighted by molar-refractivity contribution is 0.415. The van der Waals surface area contributed by atoms with Crippen LogP contribution >= 0.6 is 28.3 Å². The molecule has 4 rings (SSSR count). The quantitative estimate of drug-likeness (QED) is 0.214. The topological polar surface area (TPSA) is 63.9 Å². The van der Waals surface area contributed by atoms with Crippen LogP contribution in [0.1, 0.15) is 19.4 Å². The van der Waals surface area contributed by atoms with Crippen LogP contribution < -0.4 is 9.54 Å². The molecule has 196 valence electrons. The van der Waals surface area contributed by atoms with Crippen molar-refractivity contribution in [3.8, 4) is 17.0 Å². The number of sulfonamides is 1. The number of hydrogen-bond donors (Lipinski definition) is 0. The van der Waals surface area contributed by atoms with Gasteiger partial charge in [0.1, 0.15) is 5.75 Å². The van der Waals surface area contributed by atoms with Crippen molar-refractivity contribution in [3.05, 3.63) is 94.6 Å². The number of benzene rings is 3. The van der Waals surface area contributed by atoms with Gasteiger partial charge in [-0.05, 0) is 53.9 Å². The number of methoxy groups -OCH3 is 1. The molecule has 0 saturated carbocycles. The standard InChI is InChI=1S/C28H31N3O3S2.BrH/c1-4-30(5-2)36(32,33)26-17-11-23(12-18-26)27-21-35-28(29-24-13-15-25(34-3)16-14-24)31(27)20-19-22-9-7-6-8-10-22;/h6-18,21H,4-5,19-20H2,1-3H3;1H. The molecule has 0 aliphatic rings. The van der Waals surface area contributed by atoms with E-state index in [4.69, 9.17) is 9.73 Å². The van der Waals surface area contributed by atoms with E-state index in [0.29, 0.717) is 18.0 Å². The molecule has 0 radical (unpaired) electrons. The Morgan fingerprint density at radius 1 is 0.919 bits per heavy atom. The number of halogens is 1. The second-order valence-electron chi connectivity index (χ2n) is 8.21. The van der Waals surface area contributed by atoms with Crippen molar-refractivity contribution >= 4 is 44.0 Å². The van der Waals surface area contributed by atoms with Crippen LogP contribution in [0, 0.1) is 0 Å². The second kappa shape index (κ2) is 13.2. The van der Waals surface area contributed by atoms with Crippen molar-refractivity contribution in [1.29, 1.82) is 0 Å². The summed E-state index contributed by atoms with van der Waals surface area (Å²) in [4.78, 5) is 6.09. The van der Waals surface area contributed by atoms with E-state index in [0.717, 1.165) is 40.5 Å². The maximum Gasteiger partial charge on any atom is 0.243 e. The molecule has 37 heavy (non-hydrogen) atoms. The van der Waals surface area contributed by atoms with Crippen LogP contribution in [-0.4, -0.2) is 37.5 Å². The number of nitrogens with zero attached hydrogens (tertiary/aromatic N) is 3. The van der Waals surface area contributed by atoms with Crippen LogP contribution in [0.15, 0.2) is 94.1 Å². The van der Waals surface area contributed by atoms with Crippen LogP contribution in [0.25, 0.3) is 11.3 Å². The summed E-state index contributed by atoms with van der Waals surface area (Å²) in [6.45, 7) is 5.34. The molecule has 3 aromatic carbocycles. The summed E-state index contributed by atoms with van der Waals surface area (Å²) < 4.78 is 34.8. The molecule has 0 N–H and O–H groups in total. The van der Waals surface area contributed by atoms with E-state index in [1.54, 1.807) is 30.6 Å². The van der Waals surface area contributed by atoms with E-state index < -0.39 is 10.0 Å². The molecular weight excluding hydrogens is 570 g/mol. The summed E-state index contributed by atoms with van der Waals surface area (Å²) in [6.07, 6.45) is 0.856. The summed E-state index contributed by atoms with van der Waals surface area (Å²) in [7, 11) is -1.85. The third-order valence-corrected chi connectivity index (χ3v) is 8.98. The molecule has 4 aromatic rings. The molecule has 0 spiro atoms. The highest BCUT2D eigenvalue weighted by Crippen LogP contribution is 2.25. The van der Waals surface area contributed by atoms with Crippen LogP contribution in [-0.2, 0) is 23.0 Å². The highest BCUT2D eigenvalue weighted by atomic mass is 79.9. The first kappa shape index (κ1) is 28.8. The Balaban J connectivity index is 0.00000380. The van der Waals surface area contributed by atoms with Gasteiger partial charge in [-0.1, -0.05) is 56.3 Å². The SMILES string of the molecule is Br.CCN(CC)S(=O)(=O)c1ccc(-c2csc(=Nc3ccc(OC)cc3)n2CCc2ccccc2)cc1. The van der Waals surface area contributed by atoms with E-state index in [2.05, 4.69) is 22.1 Å². The van der Waals surface area contributed by atoms with Crippen molar-refractivity contribution in [3.63, 3.8) is 0 Å². The van der Waals surface area contributed by atoms with E-state index in [1.807, 2.05) is 68.4 Å². The van der Waals surface area contributed by atoms with Crippen molar-refractivity contribution in [1.82, 2.24) is 8.87 Å². The van der Waals surface area contributed by atoms with Gasteiger partial charge in [-0.15, -0.1) is 28.3 Å². The Labute approximate surface area is 233 Å². The van der Waals surface area contributed by atoms with E-state index in [1.165, 1.54) is 9.87 Å². The predicted molar refractivity (Wildman–Crippen MR) is 157 cm³/mol. The molecule has 0 atom stereocenters. The smallest absolute Gasteiger partial charge is 0.243 e. The fraction of sp³-hybridized carbons (Fsp3) is 0.250. The van der Waals surface area contributed by atoms with E-state index in [9.17, 15) is 8.42 Å². The maximum absolute atomic E-state index is 12.9. The molecule has 1 aromatic heterocycles. The Hall–Kier alpha value is -2.72. The largest absolute Gasteiger partial charge is 0.497 e. The van der Waals surface area contributed by atoms with Gasteiger partial charge in [-0.25, -0.2) is 13.4 Å². The molecule has 0 saturated heterocycles. The summed E-state index contributed by atoms with van der Waals surface area (Å²) in [5.74, 6) is 0.789. The molecule has 1 heterocycles. The number of thiazole rings is 1. The second-order valence-corrected chi connectivity index (χ2v) is 11.0. The summed E-state index contributed by atoms with van der Waals surface area (Å²) in [5, 5.41) is 2.08. The van der Waals surface area contributed by atoms with Crippen molar-refractivity contribution < 1.29 is 13.2 Å². The van der Waals surface area contributed by atoms with E-state index >= 15 is 0 Å². The number of aromatic nitrogens is 1. The lowest BCUT2D eigenvalue weighted by Gasteiger charge is -2.18. The molecule has 0 amide bonds. The molecule has 0 unspecified atom stereocenters. The van der Waals surface area contributed by atoms with Gasteiger partial charge in [0, 0.05) is 25.0 Å². The highest BCUT2D eigenvalue weighted by molar-refractivity contribution is 8.93. The summed E-state index contributed by atoms with van der Waals surface area (Å²) in [5.41, 5.74) is 4.06. The number of hydrogen-bond acceptors (Lipinski definition) is 5. The molecule has 0 fully saturated rings. The predicted octanol–water partition coefficient (Wildman–Crippen LogP) is 6.31. The van der Waals surface area contributed by atoms with Gasteiger partial charge in [0.2, 0.25) is 10.0 Å². The molecular formula is C28H32BrN3O3S2. The first-order valence-corrected chi connectivity index (χ1v) is 14.3. The van der Waals surface area contributed by atoms with Crippen molar-refractivity contribution in [2.24, 2.45) is 4.99 Å². The Kier molecular flexibility index (Phi) is 10.3. The van der Waals surface area contributed by atoms with Gasteiger partial charge in [0.25, 0.3) is 0 Å². The minimum absolute atomic E-state index is 0. The Morgan fingerprint density at radius 2 is 1.57 bits per heavy atom. The average molecular weight is 603 g/mol. The fourth-order valence-electron chi connectivity index (χ4n) is 4.03. The zero-order valence-corrected chi connectivity index (χ0v) is 24.5. The van der Waals surface area contributed by atoms with Crippen LogP contribution in [0.4, 0.5) is 5.69 Å². The average Bonchev–Trinajstić information content (AvgIpc) is 3.31. The Morgan fingerprint density at radius 3 is 2.16 bits per heavy atom. The third-order valence-electron chi connectivity index (χ3n) is 6.06. The number of aryl methyl sites for hydroxylation is 1. The maximum atomic E-state index is 12.9. The summed E-state index contributed by atoms with van der Waals surface area (Å²) >= 11 is 1.57. The first-order chi connectivity index (χ1) is 17.5. The van der Waals surface area contributed by atoms with Crippen LogP contribution in [0.3, 0.4) is 0 Å². The highest BCUT2D eigenvalue weighted by Gasteiger charge is 2.21. The zero-order valence-electron chi connectivity index (χ0n) is 21.2. The molecule has 0 bridgehead atoms. The fourth-order valence-corrected chi connectivity index (χ4v) is 6.44. The Bertz CT molecular complexity index is 1440. The van der Waals surface area contributed by atoms with Crippen LogP contribution in [0.5, 0.6) is 5.75 Å². The molecule has 0 aliphatic carbocycles. The number of rotatable bonds is 10. The van der Waals surface area contributed by atoms with Gasteiger partial charge < -0.3 is 9.30 Å². The van der Waals surface area contributed by atoms with E-state index in [-0.39, 0.29) is 17.0 Å². The molecule has 0 aliphatic heterocycles. The zero-order chi connectivity index (χ0) is 25.5. The third kappa shape index (κ3) is 6.78. The van der Waals surface area contributed by atoms with Crippen molar-refractivity contribution in [2.75, 3.05) is 20.2 Å². The lowest BCUT2D eigenvalue weighted by atomic mass is 10.1. The normalized spacial score (nSPS) is 11.9. The summed E-state index contributed by atoms with van der Waals surface area (Å²) in [6, 6.07) is 25.2. The number of ether oxygens (including phenoxy) is 1. The minimum Gasteiger partial charge on any atom is -0.497 e. The lowest BCUT2D eigenvalue weighted by Crippen LogP contribution is -2.30. The monoisotopic (exact) mass is 601 g/mol. The van der Waals surface area contributed by atoms with Crippen molar-refractivity contribution in [2.45, 2.75) is 31.7 Å². The van der Waals surface area contributed by atoms with Gasteiger partial charge >= 0.3 is 0 Å². The van der Waals surface area contributed by atoms with Crippen LogP contribution in [0.2, 0.25) is 0 Å². The minimum atomic E-state index is -3.50. The first-order valence-electron chi connectivity index (χ1n) is 12.0.